The molecule has 1 aromatic carbocycles. The minimum absolute atomic E-state index is 0.167. The van der Waals surface area contributed by atoms with Crippen LogP contribution < -0.4 is 16.4 Å². The molecular formula is C28H30FN7O2. The number of nitrogens with one attached hydrogen (secondary N) is 1. The van der Waals surface area contributed by atoms with Crippen LogP contribution in [0.5, 0.6) is 0 Å². The summed E-state index contributed by atoms with van der Waals surface area (Å²) in [7, 11) is 2.15. The van der Waals surface area contributed by atoms with Crippen LogP contribution >= 0.6 is 0 Å². The molecule has 0 atom stereocenters. The summed E-state index contributed by atoms with van der Waals surface area (Å²) in [6, 6.07) is 7.24. The number of rotatable bonds is 6. The average Bonchev–Trinajstić information content (AvgIpc) is 3.58. The molecule has 0 saturated heterocycles. The molecule has 4 aromatic rings. The van der Waals surface area contributed by atoms with Gasteiger partial charge >= 0.3 is 0 Å². The number of hydrogen-bond donors (Lipinski definition) is 1. The molecule has 1 spiro atoms. The van der Waals surface area contributed by atoms with Crippen molar-refractivity contribution in [2.45, 2.75) is 51.2 Å². The quantitative estimate of drug-likeness (QED) is 0.392. The molecule has 9 nitrogen and oxygen atoms in total. The van der Waals surface area contributed by atoms with Crippen molar-refractivity contribution in [1.82, 2.24) is 28.8 Å². The van der Waals surface area contributed by atoms with Crippen molar-refractivity contribution >= 4 is 22.7 Å². The molecule has 0 unspecified atom stereocenters. The first kappa shape index (κ1) is 24.3. The van der Waals surface area contributed by atoms with Crippen LogP contribution in [-0.2, 0) is 18.5 Å². The molecule has 2 aliphatic rings. The second-order valence-electron chi connectivity index (χ2n) is 10.7. The highest BCUT2D eigenvalue weighted by molar-refractivity contribution is 5.77. The van der Waals surface area contributed by atoms with Gasteiger partial charge in [-0.05, 0) is 57.0 Å². The molecule has 1 aliphatic heterocycles. The van der Waals surface area contributed by atoms with E-state index in [1.807, 2.05) is 6.07 Å². The first-order valence-electron chi connectivity index (χ1n) is 12.8. The summed E-state index contributed by atoms with van der Waals surface area (Å²) in [6.45, 7) is 9.48. The highest BCUT2D eigenvalue weighted by atomic mass is 19.1. The van der Waals surface area contributed by atoms with Crippen molar-refractivity contribution in [2.75, 3.05) is 18.9 Å². The highest BCUT2D eigenvalue weighted by Crippen LogP contribution is 2.52. The fourth-order valence-electron chi connectivity index (χ4n) is 5.67. The summed E-state index contributed by atoms with van der Waals surface area (Å²) in [5.74, 6) is -0.597. The molecule has 3 aromatic heterocycles. The van der Waals surface area contributed by atoms with Gasteiger partial charge in [-0.25, -0.2) is 18.7 Å². The number of pyridine rings is 1. The molecule has 38 heavy (non-hydrogen) atoms. The van der Waals surface area contributed by atoms with Crippen LogP contribution in [0.3, 0.4) is 0 Å². The van der Waals surface area contributed by atoms with Crippen LogP contribution in [0.1, 0.15) is 43.9 Å². The summed E-state index contributed by atoms with van der Waals surface area (Å²) >= 11 is 0. The van der Waals surface area contributed by atoms with Crippen molar-refractivity contribution in [3.05, 3.63) is 87.0 Å². The fraction of sp³-hybridized carbons (Fsp3) is 0.357. The molecule has 1 saturated carbocycles. The lowest BCUT2D eigenvalue weighted by Crippen LogP contribution is -2.35. The lowest BCUT2D eigenvalue weighted by atomic mass is 9.87. The molecular weight excluding hydrogens is 485 g/mol. The largest absolute Gasteiger partial charge is 0.324 e. The third-order valence-corrected chi connectivity index (χ3v) is 7.56. The number of benzene rings is 1. The van der Waals surface area contributed by atoms with Crippen molar-refractivity contribution in [3.8, 4) is 5.69 Å². The molecule has 1 fully saturated rings. The van der Waals surface area contributed by atoms with E-state index in [-0.39, 0.29) is 23.5 Å². The zero-order chi connectivity index (χ0) is 26.8. The van der Waals surface area contributed by atoms with Crippen LogP contribution in [0.2, 0.25) is 0 Å². The Balaban J connectivity index is 1.46. The van der Waals surface area contributed by atoms with Crippen molar-refractivity contribution in [1.29, 1.82) is 0 Å². The molecule has 6 rings (SSSR count). The third-order valence-electron chi connectivity index (χ3n) is 7.56. The molecule has 1 N–H and O–H groups in total. The summed E-state index contributed by atoms with van der Waals surface area (Å²) < 4.78 is 18.9. The Bertz CT molecular complexity index is 1710. The summed E-state index contributed by atoms with van der Waals surface area (Å²) in [4.78, 5) is 37.0. The molecule has 0 amide bonds. The van der Waals surface area contributed by atoms with Crippen molar-refractivity contribution in [2.24, 2.45) is 0 Å². The van der Waals surface area contributed by atoms with Crippen LogP contribution in [0.15, 0.2) is 58.9 Å². The monoisotopic (exact) mass is 515 g/mol. The van der Waals surface area contributed by atoms with E-state index in [1.54, 1.807) is 19.9 Å². The molecule has 1 aliphatic carbocycles. The number of hydrogen-bond acceptors (Lipinski definition) is 6. The maximum Gasteiger partial charge on any atom is 0.286 e. The van der Waals surface area contributed by atoms with E-state index >= 15 is 0 Å². The molecule has 196 valence electrons. The second kappa shape index (κ2) is 8.76. The second-order valence-corrected chi connectivity index (χ2v) is 10.7. The predicted molar refractivity (Wildman–Crippen MR) is 145 cm³/mol. The minimum atomic E-state index is -0.907. The van der Waals surface area contributed by atoms with E-state index in [1.165, 1.54) is 50.3 Å². The number of anilines is 2. The number of fused-ring (bicyclic) bond motifs is 3. The van der Waals surface area contributed by atoms with Crippen molar-refractivity contribution in [3.63, 3.8) is 0 Å². The molecule has 4 heterocycles. The molecule has 0 radical (unpaired) electrons. The Kier molecular flexibility index (Phi) is 5.60. The summed E-state index contributed by atoms with van der Waals surface area (Å²) in [6.07, 6.45) is 7.04. The van der Waals surface area contributed by atoms with Gasteiger partial charge in [-0.3, -0.25) is 9.59 Å². The topological polar surface area (TPSA) is 90.0 Å². The Morgan fingerprint density at radius 1 is 1.21 bits per heavy atom. The number of aromatic nitrogens is 5. The third kappa shape index (κ3) is 3.87. The maximum absolute atomic E-state index is 14.7. The van der Waals surface area contributed by atoms with Gasteiger partial charge in [0.1, 0.15) is 5.39 Å². The highest BCUT2D eigenvalue weighted by Gasteiger charge is 2.48. The first-order chi connectivity index (χ1) is 18.2. The Morgan fingerprint density at radius 2 is 2.00 bits per heavy atom. The predicted octanol–water partition coefficient (Wildman–Crippen LogP) is 3.87. The first-order valence-corrected chi connectivity index (χ1v) is 12.8. The van der Waals surface area contributed by atoms with E-state index < -0.39 is 11.4 Å². The van der Waals surface area contributed by atoms with Gasteiger partial charge in [0.15, 0.2) is 11.5 Å². The van der Waals surface area contributed by atoms with Crippen LogP contribution in [0.25, 0.3) is 16.7 Å². The van der Waals surface area contributed by atoms with Gasteiger partial charge in [-0.15, -0.1) is 6.58 Å². The molecule has 0 bridgehead atoms. The van der Waals surface area contributed by atoms with E-state index in [9.17, 15) is 14.0 Å². The zero-order valence-corrected chi connectivity index (χ0v) is 21.7. The van der Waals surface area contributed by atoms with Gasteiger partial charge in [-0.2, -0.15) is 4.98 Å². The van der Waals surface area contributed by atoms with Crippen LogP contribution in [-0.4, -0.2) is 42.4 Å². The van der Waals surface area contributed by atoms with E-state index in [4.69, 9.17) is 0 Å². The van der Waals surface area contributed by atoms with E-state index in [2.05, 4.69) is 45.9 Å². The number of likely N-dealkylation sites (N-methyl/N-ethyl adjacent to an activating group) is 1. The molecule has 10 heteroatoms. The van der Waals surface area contributed by atoms with E-state index in [0.717, 1.165) is 24.8 Å². The lowest BCUT2D eigenvalue weighted by molar-refractivity contribution is 0.271. The lowest BCUT2D eigenvalue weighted by Gasteiger charge is -2.32. The number of allylic oxidation sites excluding steroid dienone is 1. The van der Waals surface area contributed by atoms with Gasteiger partial charge in [0.25, 0.3) is 11.1 Å². The standard InChI is InChI=1S/C28H30FN7O2/c1-5-10-35-25(37)21-13-30-27(31-19-6-7-22-18(11-19)14-33(4)16-28(22)8-9-28)32-24(21)36(35)20-12-23(29)26(38)34(15-20)17(2)3/h5-7,11-13,15,17H,1,8-10,14,16H2,2-4H3,(H,30,31,32). The Morgan fingerprint density at radius 3 is 2.71 bits per heavy atom. The SMILES string of the molecule is C=CCn1c(=O)c2cnc(Nc3ccc4c(c3)CN(C)CC43CC3)nc2n1-c1cc(F)c(=O)n(C(C)C)c1. The minimum Gasteiger partial charge on any atom is -0.324 e. The van der Waals surface area contributed by atoms with E-state index in [0.29, 0.717) is 22.7 Å². The fourth-order valence-corrected chi connectivity index (χ4v) is 5.67. The summed E-state index contributed by atoms with van der Waals surface area (Å²) in [5, 5.41) is 3.56. The van der Waals surface area contributed by atoms with Gasteiger partial charge in [0, 0.05) is 48.7 Å². The Labute approximate surface area is 218 Å². The van der Waals surface area contributed by atoms with Gasteiger partial charge < -0.3 is 14.8 Å². The average molecular weight is 516 g/mol. The van der Waals surface area contributed by atoms with Crippen LogP contribution in [0.4, 0.5) is 16.0 Å². The normalized spacial score (nSPS) is 16.2. The van der Waals surface area contributed by atoms with Gasteiger partial charge in [0.05, 0.1) is 12.2 Å². The zero-order valence-electron chi connectivity index (χ0n) is 21.7. The number of nitrogens with zero attached hydrogens (tertiary/aromatic N) is 6. The smallest absolute Gasteiger partial charge is 0.286 e. The maximum atomic E-state index is 14.7. The number of halogens is 1. The van der Waals surface area contributed by atoms with Crippen molar-refractivity contribution < 1.29 is 4.39 Å². The Hall–Kier alpha value is -4.05. The van der Waals surface area contributed by atoms with Gasteiger partial charge in [0.2, 0.25) is 5.95 Å². The summed E-state index contributed by atoms with van der Waals surface area (Å²) in [5.41, 5.74) is 3.42. The van der Waals surface area contributed by atoms with Crippen LogP contribution in [0, 0.1) is 5.82 Å². The van der Waals surface area contributed by atoms with Gasteiger partial charge in [-0.1, -0.05) is 12.1 Å².